The van der Waals surface area contributed by atoms with Crippen LogP contribution in [0.5, 0.6) is 23.0 Å². The number of amides is 1. The summed E-state index contributed by atoms with van der Waals surface area (Å²) >= 11 is 0. The normalized spacial score (nSPS) is 14.1. The lowest BCUT2D eigenvalue weighted by molar-refractivity contribution is -0.130. The van der Waals surface area contributed by atoms with Gasteiger partial charge in [-0.1, -0.05) is 6.92 Å². The van der Waals surface area contributed by atoms with Crippen LogP contribution in [-0.2, 0) is 30.5 Å². The Hall–Kier alpha value is -2.93. The van der Waals surface area contributed by atoms with Gasteiger partial charge in [0.05, 0.1) is 34.9 Å². The zero-order valence-electron chi connectivity index (χ0n) is 22.1. The van der Waals surface area contributed by atoms with Crippen molar-refractivity contribution in [3.05, 3.63) is 46.5 Å². The Bertz CT molecular complexity index is 976. The number of rotatable bonds is 9. The monoisotopic (exact) mass is 484 g/mol. The summed E-state index contributed by atoms with van der Waals surface area (Å²) in [5.74, 6) is 3.32. The second-order valence-electron chi connectivity index (χ2n) is 9.01. The molecule has 0 spiro atoms. The highest BCUT2D eigenvalue weighted by Gasteiger charge is 2.22. The number of fused-ring (bicyclic) bond motifs is 2. The van der Waals surface area contributed by atoms with E-state index in [1.807, 2.05) is 17.0 Å². The molecule has 1 heterocycles. The fourth-order valence-electron chi connectivity index (χ4n) is 4.46. The van der Waals surface area contributed by atoms with E-state index < -0.39 is 0 Å². The molecule has 0 radical (unpaired) electrons. The van der Waals surface area contributed by atoms with E-state index in [4.69, 9.17) is 18.9 Å². The van der Waals surface area contributed by atoms with Crippen molar-refractivity contribution in [2.24, 2.45) is 0 Å². The van der Waals surface area contributed by atoms with Crippen LogP contribution in [0.15, 0.2) is 24.3 Å². The van der Waals surface area contributed by atoms with Gasteiger partial charge < -0.3 is 28.7 Å². The average molecular weight is 485 g/mol. The van der Waals surface area contributed by atoms with Gasteiger partial charge in [-0.3, -0.25) is 4.79 Å². The van der Waals surface area contributed by atoms with E-state index in [1.54, 1.807) is 28.4 Å². The fraction of sp³-hybridized carbons (Fsp3) is 0.536. The molecule has 2 aliphatic rings. The molecule has 2 aromatic rings. The van der Waals surface area contributed by atoms with E-state index in [1.165, 1.54) is 29.5 Å². The van der Waals surface area contributed by atoms with E-state index in [0.717, 1.165) is 61.8 Å². The van der Waals surface area contributed by atoms with Crippen molar-refractivity contribution < 1.29 is 23.7 Å². The summed E-state index contributed by atoms with van der Waals surface area (Å²) in [6.07, 6.45) is 4.68. The number of methoxy groups -OCH3 is 4. The Kier molecular flexibility index (Phi) is 9.66. The molecule has 0 aromatic heterocycles. The van der Waals surface area contributed by atoms with E-state index in [0.29, 0.717) is 12.2 Å². The predicted molar refractivity (Wildman–Crippen MR) is 138 cm³/mol. The number of nitrogens with zero attached hydrogens (tertiary/aromatic N) is 2. The summed E-state index contributed by atoms with van der Waals surface area (Å²) in [6.45, 7) is 5.81. The van der Waals surface area contributed by atoms with Gasteiger partial charge >= 0.3 is 0 Å². The Morgan fingerprint density at radius 1 is 0.771 bits per heavy atom. The van der Waals surface area contributed by atoms with Crippen LogP contribution in [0.4, 0.5) is 0 Å². The molecule has 0 atom stereocenters. The first-order chi connectivity index (χ1) is 16.9. The molecule has 192 valence electrons. The second-order valence-corrected chi connectivity index (χ2v) is 9.01. The van der Waals surface area contributed by atoms with Crippen LogP contribution in [-0.4, -0.2) is 77.4 Å². The Morgan fingerprint density at radius 2 is 1.23 bits per heavy atom. The lowest BCUT2D eigenvalue weighted by Crippen LogP contribution is -2.34. The van der Waals surface area contributed by atoms with Crippen LogP contribution in [0, 0.1) is 0 Å². The summed E-state index contributed by atoms with van der Waals surface area (Å²) in [4.78, 5) is 16.8. The van der Waals surface area contributed by atoms with Gasteiger partial charge in [-0.15, -0.1) is 0 Å². The third-order valence-corrected chi connectivity index (χ3v) is 6.93. The highest BCUT2D eigenvalue weighted by Crippen LogP contribution is 2.35. The maximum atomic E-state index is 12.5. The minimum atomic E-state index is 0.204. The van der Waals surface area contributed by atoms with Crippen molar-refractivity contribution in [3.63, 3.8) is 0 Å². The number of ether oxygens (including phenoxy) is 4. The zero-order valence-corrected chi connectivity index (χ0v) is 22.1. The molecule has 0 unspecified atom stereocenters. The summed E-state index contributed by atoms with van der Waals surface area (Å²) in [5, 5.41) is 0. The lowest BCUT2D eigenvalue weighted by atomic mass is 9.88. The van der Waals surface area contributed by atoms with Crippen molar-refractivity contribution in [3.8, 4) is 23.0 Å². The molecule has 7 nitrogen and oxygen atoms in total. The van der Waals surface area contributed by atoms with Gasteiger partial charge in [0.2, 0.25) is 5.91 Å². The van der Waals surface area contributed by atoms with Crippen molar-refractivity contribution in [1.82, 2.24) is 9.80 Å². The molecule has 1 aliphatic heterocycles. The van der Waals surface area contributed by atoms with E-state index in [9.17, 15) is 4.79 Å². The van der Waals surface area contributed by atoms with Crippen LogP contribution in [0.2, 0.25) is 0 Å². The first-order valence-electron chi connectivity index (χ1n) is 12.4. The highest BCUT2D eigenvalue weighted by molar-refractivity contribution is 5.80. The molecule has 1 aliphatic carbocycles. The molecule has 0 fully saturated rings. The smallest absolute Gasteiger partial charge is 0.227 e. The molecule has 0 saturated heterocycles. The topological polar surface area (TPSA) is 60.5 Å². The number of hydrogen-bond donors (Lipinski definition) is 0. The SMILES string of the molecule is CCN(C)CCCN1CCc2cc(OC)c(OC)cc2CC1=O.COc1cc2c(cc1OC)CC2. The van der Waals surface area contributed by atoms with Crippen LogP contribution < -0.4 is 18.9 Å². The Balaban J connectivity index is 0.000000237. The first-order valence-corrected chi connectivity index (χ1v) is 12.4. The zero-order chi connectivity index (χ0) is 25.4. The molecule has 0 N–H and O–H groups in total. The predicted octanol–water partition coefficient (Wildman–Crippen LogP) is 3.78. The van der Waals surface area contributed by atoms with Crippen LogP contribution in [0.1, 0.15) is 35.6 Å². The van der Waals surface area contributed by atoms with Gasteiger partial charge in [0.15, 0.2) is 23.0 Å². The molecule has 1 amide bonds. The van der Waals surface area contributed by atoms with Crippen molar-refractivity contribution in [1.29, 1.82) is 0 Å². The first kappa shape index (κ1) is 26.7. The van der Waals surface area contributed by atoms with Gasteiger partial charge in [0, 0.05) is 13.1 Å². The highest BCUT2D eigenvalue weighted by atomic mass is 16.5. The maximum Gasteiger partial charge on any atom is 0.227 e. The van der Waals surface area contributed by atoms with Gasteiger partial charge in [0.25, 0.3) is 0 Å². The summed E-state index contributed by atoms with van der Waals surface area (Å²) in [6, 6.07) is 8.09. The summed E-state index contributed by atoms with van der Waals surface area (Å²) in [7, 11) is 8.71. The fourth-order valence-corrected chi connectivity index (χ4v) is 4.46. The van der Waals surface area contributed by atoms with E-state index >= 15 is 0 Å². The average Bonchev–Trinajstić information content (AvgIpc) is 3.01. The molecule has 4 rings (SSSR count). The van der Waals surface area contributed by atoms with Crippen molar-refractivity contribution >= 4 is 5.91 Å². The number of hydrogen-bond acceptors (Lipinski definition) is 6. The molecule has 7 heteroatoms. The molecule has 2 aromatic carbocycles. The summed E-state index contributed by atoms with van der Waals surface area (Å²) in [5.41, 5.74) is 5.03. The third-order valence-electron chi connectivity index (χ3n) is 6.93. The van der Waals surface area contributed by atoms with Crippen molar-refractivity contribution in [2.75, 3.05) is 61.7 Å². The molecule has 35 heavy (non-hydrogen) atoms. The number of carbonyl (C=O) groups is 1. The van der Waals surface area contributed by atoms with E-state index in [2.05, 4.69) is 31.0 Å². The Morgan fingerprint density at radius 3 is 1.66 bits per heavy atom. The molecular formula is C28H40N2O5. The van der Waals surface area contributed by atoms with Gasteiger partial charge in [-0.25, -0.2) is 0 Å². The Labute approximate surface area is 209 Å². The largest absolute Gasteiger partial charge is 0.493 e. The van der Waals surface area contributed by atoms with Gasteiger partial charge in [-0.05, 0) is 92.3 Å². The lowest BCUT2D eigenvalue weighted by Gasteiger charge is -2.22. The number of carbonyl (C=O) groups excluding carboxylic acids is 1. The molecule has 0 bridgehead atoms. The maximum absolute atomic E-state index is 12.5. The van der Waals surface area contributed by atoms with Gasteiger partial charge in [0.1, 0.15) is 0 Å². The number of aryl methyl sites for hydroxylation is 2. The molecule has 0 saturated carbocycles. The summed E-state index contributed by atoms with van der Waals surface area (Å²) < 4.78 is 21.1. The quantitative estimate of drug-likeness (QED) is 0.540. The minimum Gasteiger partial charge on any atom is -0.493 e. The molecular weight excluding hydrogens is 444 g/mol. The van der Waals surface area contributed by atoms with E-state index in [-0.39, 0.29) is 5.91 Å². The number of benzene rings is 2. The standard InChI is InChI=1S/C18H28N2O3.C10H12O2/c1-5-19(2)8-6-9-20-10-7-14-11-16(22-3)17(23-4)12-15(14)13-18(20)21;1-11-9-5-7-3-4-8(7)6-10(9)12-2/h11-12H,5-10,13H2,1-4H3;5-6H,3-4H2,1-2H3. The van der Waals surface area contributed by atoms with Crippen LogP contribution in [0.3, 0.4) is 0 Å². The third kappa shape index (κ3) is 6.60. The minimum absolute atomic E-state index is 0.204. The van der Waals surface area contributed by atoms with Crippen molar-refractivity contribution in [2.45, 2.75) is 39.0 Å². The van der Waals surface area contributed by atoms with Crippen LogP contribution in [0.25, 0.3) is 0 Å². The van der Waals surface area contributed by atoms with Crippen LogP contribution >= 0.6 is 0 Å². The second kappa shape index (κ2) is 12.7. The van der Waals surface area contributed by atoms with Gasteiger partial charge in [-0.2, -0.15) is 0 Å².